The number of carbonyl (C=O) groups excluding carboxylic acids is 1. The fourth-order valence-electron chi connectivity index (χ4n) is 1.82. The number of aromatic nitrogens is 2. The molecule has 6 nitrogen and oxygen atoms in total. The summed E-state index contributed by atoms with van der Waals surface area (Å²) in [5.74, 6) is -0.336. The van der Waals surface area contributed by atoms with E-state index in [0.717, 1.165) is 6.07 Å². The van der Waals surface area contributed by atoms with Gasteiger partial charge in [0.25, 0.3) is 0 Å². The Labute approximate surface area is 133 Å². The summed E-state index contributed by atoms with van der Waals surface area (Å²) in [7, 11) is 1.38. The summed E-state index contributed by atoms with van der Waals surface area (Å²) in [6.07, 6.45) is 2.07. The molecule has 0 bridgehead atoms. The number of hydrogen-bond donors (Lipinski definition) is 0. The number of halogens is 1. The summed E-state index contributed by atoms with van der Waals surface area (Å²) in [5, 5.41) is 0. The Kier molecular flexibility index (Phi) is 4.78. The van der Waals surface area contributed by atoms with Crippen LogP contribution in [0.15, 0.2) is 30.6 Å². The van der Waals surface area contributed by atoms with Crippen molar-refractivity contribution in [3.8, 4) is 22.9 Å². The van der Waals surface area contributed by atoms with Crippen molar-refractivity contribution in [2.24, 2.45) is 0 Å². The third-order valence-electron chi connectivity index (χ3n) is 2.61. The molecule has 0 radical (unpaired) electrons. The molecule has 0 saturated heterocycles. The molecule has 2 aromatic rings. The fourth-order valence-corrected chi connectivity index (χ4v) is 1.82. The molecule has 0 aliphatic heterocycles. The summed E-state index contributed by atoms with van der Waals surface area (Å²) < 4.78 is 29.2. The van der Waals surface area contributed by atoms with Crippen LogP contribution in [-0.2, 0) is 4.74 Å². The SMILES string of the molecule is COc1c(OC(=O)OC(C)(C)C)cc(F)cc1-c1ncccn1. The van der Waals surface area contributed by atoms with Crippen molar-refractivity contribution in [2.45, 2.75) is 26.4 Å². The van der Waals surface area contributed by atoms with Gasteiger partial charge < -0.3 is 14.2 Å². The lowest BCUT2D eigenvalue weighted by molar-refractivity contribution is 0.0200. The largest absolute Gasteiger partial charge is 0.514 e. The zero-order valence-electron chi connectivity index (χ0n) is 13.3. The summed E-state index contributed by atoms with van der Waals surface area (Å²) in [4.78, 5) is 19.9. The van der Waals surface area contributed by atoms with Crippen molar-refractivity contribution in [3.05, 3.63) is 36.4 Å². The lowest BCUT2D eigenvalue weighted by Crippen LogP contribution is -2.26. The number of nitrogens with zero attached hydrogens (tertiary/aromatic N) is 2. The number of hydrogen-bond acceptors (Lipinski definition) is 6. The molecule has 0 amide bonds. The first-order valence-electron chi connectivity index (χ1n) is 6.86. The van der Waals surface area contributed by atoms with E-state index in [2.05, 4.69) is 9.97 Å². The summed E-state index contributed by atoms with van der Waals surface area (Å²) >= 11 is 0. The van der Waals surface area contributed by atoms with Gasteiger partial charge in [-0.15, -0.1) is 0 Å². The van der Waals surface area contributed by atoms with Gasteiger partial charge in [0, 0.05) is 18.5 Å². The molecule has 0 spiro atoms. The van der Waals surface area contributed by atoms with Crippen molar-refractivity contribution in [1.82, 2.24) is 9.97 Å². The highest BCUT2D eigenvalue weighted by Gasteiger charge is 2.22. The fraction of sp³-hybridized carbons (Fsp3) is 0.312. The normalized spacial score (nSPS) is 11.0. The third-order valence-corrected chi connectivity index (χ3v) is 2.61. The predicted octanol–water partition coefficient (Wildman–Crippen LogP) is 3.61. The second kappa shape index (κ2) is 6.60. The van der Waals surface area contributed by atoms with E-state index in [4.69, 9.17) is 14.2 Å². The quantitative estimate of drug-likeness (QED) is 0.635. The maximum atomic E-state index is 13.9. The topological polar surface area (TPSA) is 70.5 Å². The van der Waals surface area contributed by atoms with E-state index < -0.39 is 17.6 Å². The smallest absolute Gasteiger partial charge is 0.492 e. The molecule has 7 heteroatoms. The van der Waals surface area contributed by atoms with Crippen molar-refractivity contribution in [2.75, 3.05) is 7.11 Å². The van der Waals surface area contributed by atoms with Crippen molar-refractivity contribution >= 4 is 6.16 Å². The second-order valence-electron chi connectivity index (χ2n) is 5.62. The number of rotatable bonds is 3. The zero-order chi connectivity index (χ0) is 17.0. The van der Waals surface area contributed by atoms with Crippen molar-refractivity contribution < 1.29 is 23.4 Å². The van der Waals surface area contributed by atoms with E-state index in [1.165, 1.54) is 25.6 Å². The average molecular weight is 320 g/mol. The van der Waals surface area contributed by atoms with E-state index in [0.29, 0.717) is 0 Å². The minimum atomic E-state index is -0.957. The number of benzene rings is 1. The molecule has 0 aliphatic carbocycles. The maximum Gasteiger partial charge on any atom is 0.514 e. The Balaban J connectivity index is 2.41. The molecular weight excluding hydrogens is 303 g/mol. The van der Waals surface area contributed by atoms with Crippen LogP contribution in [0.3, 0.4) is 0 Å². The van der Waals surface area contributed by atoms with E-state index >= 15 is 0 Å². The van der Waals surface area contributed by atoms with Crippen molar-refractivity contribution in [1.29, 1.82) is 0 Å². The Morgan fingerprint density at radius 2 is 1.83 bits per heavy atom. The average Bonchev–Trinajstić information content (AvgIpc) is 2.45. The highest BCUT2D eigenvalue weighted by atomic mass is 19.1. The highest BCUT2D eigenvalue weighted by Crippen LogP contribution is 2.37. The summed E-state index contributed by atoms with van der Waals surface area (Å²) in [6.45, 7) is 5.08. The number of carbonyl (C=O) groups is 1. The van der Waals surface area contributed by atoms with Gasteiger partial charge in [-0.1, -0.05) is 0 Å². The minimum Gasteiger partial charge on any atom is -0.492 e. The molecular formula is C16H17FN2O4. The van der Waals surface area contributed by atoms with E-state index in [1.807, 2.05) is 0 Å². The Morgan fingerprint density at radius 3 is 2.39 bits per heavy atom. The first-order valence-corrected chi connectivity index (χ1v) is 6.86. The molecule has 1 aromatic carbocycles. The third kappa shape index (κ3) is 4.38. The summed E-state index contributed by atoms with van der Waals surface area (Å²) in [5.41, 5.74) is -0.463. The molecule has 2 rings (SSSR count). The Morgan fingerprint density at radius 1 is 1.17 bits per heavy atom. The molecule has 1 aromatic heterocycles. The molecule has 122 valence electrons. The zero-order valence-corrected chi connectivity index (χ0v) is 13.3. The van der Waals surface area contributed by atoms with E-state index in [-0.39, 0.29) is 22.9 Å². The van der Waals surface area contributed by atoms with E-state index in [9.17, 15) is 9.18 Å². The predicted molar refractivity (Wildman–Crippen MR) is 80.8 cm³/mol. The van der Waals surface area contributed by atoms with Gasteiger partial charge in [-0.05, 0) is 32.9 Å². The highest BCUT2D eigenvalue weighted by molar-refractivity contribution is 5.73. The van der Waals surface area contributed by atoms with Gasteiger partial charge in [-0.3, -0.25) is 0 Å². The first-order chi connectivity index (χ1) is 10.8. The molecule has 0 saturated carbocycles. The molecule has 0 N–H and O–H groups in total. The van der Waals surface area contributed by atoms with Gasteiger partial charge in [0.15, 0.2) is 17.3 Å². The van der Waals surface area contributed by atoms with Crippen LogP contribution in [0.4, 0.5) is 9.18 Å². The Hall–Kier alpha value is -2.70. The molecule has 1 heterocycles. The van der Waals surface area contributed by atoms with Crippen LogP contribution in [0.25, 0.3) is 11.4 Å². The van der Waals surface area contributed by atoms with Crippen molar-refractivity contribution in [3.63, 3.8) is 0 Å². The standard InChI is InChI=1S/C16H17FN2O4/c1-16(2,3)23-15(20)22-12-9-10(17)8-11(13(12)21-4)14-18-6-5-7-19-14/h5-9H,1-4H3. The van der Waals surface area contributed by atoms with Crippen LogP contribution in [0, 0.1) is 5.82 Å². The van der Waals surface area contributed by atoms with E-state index in [1.54, 1.807) is 26.8 Å². The van der Waals surface area contributed by atoms with Crippen LogP contribution in [0.2, 0.25) is 0 Å². The second-order valence-corrected chi connectivity index (χ2v) is 5.62. The lowest BCUT2D eigenvalue weighted by Gasteiger charge is -2.19. The maximum absolute atomic E-state index is 13.9. The van der Waals surface area contributed by atoms with Crippen LogP contribution in [-0.4, -0.2) is 28.8 Å². The number of ether oxygens (including phenoxy) is 3. The van der Waals surface area contributed by atoms with Crippen LogP contribution >= 0.6 is 0 Å². The first kappa shape index (κ1) is 16.7. The molecule has 0 atom stereocenters. The summed E-state index contributed by atoms with van der Waals surface area (Å²) in [6, 6.07) is 3.87. The molecule has 0 aliphatic rings. The van der Waals surface area contributed by atoms with Crippen LogP contribution in [0.5, 0.6) is 11.5 Å². The van der Waals surface area contributed by atoms with Gasteiger partial charge in [0.05, 0.1) is 12.7 Å². The number of methoxy groups -OCH3 is 1. The molecule has 0 unspecified atom stereocenters. The van der Waals surface area contributed by atoms with Gasteiger partial charge in [-0.2, -0.15) is 0 Å². The van der Waals surface area contributed by atoms with Crippen LogP contribution in [0.1, 0.15) is 20.8 Å². The van der Waals surface area contributed by atoms with Gasteiger partial charge >= 0.3 is 6.16 Å². The van der Waals surface area contributed by atoms with Gasteiger partial charge in [0.2, 0.25) is 0 Å². The monoisotopic (exact) mass is 320 g/mol. The molecule has 0 fully saturated rings. The molecule has 23 heavy (non-hydrogen) atoms. The lowest BCUT2D eigenvalue weighted by atomic mass is 10.1. The van der Waals surface area contributed by atoms with Gasteiger partial charge in [0.1, 0.15) is 11.4 Å². The minimum absolute atomic E-state index is 0.107. The van der Waals surface area contributed by atoms with Gasteiger partial charge in [-0.25, -0.2) is 19.2 Å². The Bertz CT molecular complexity index is 699. The van der Waals surface area contributed by atoms with Crippen LogP contribution < -0.4 is 9.47 Å².